The first-order valence-corrected chi connectivity index (χ1v) is 11.8. The van der Waals surface area contributed by atoms with E-state index in [4.69, 9.17) is 14.7 Å². The van der Waals surface area contributed by atoms with Gasteiger partial charge in [-0.2, -0.15) is 0 Å². The zero-order chi connectivity index (χ0) is 22.5. The number of benzene rings is 1. The summed E-state index contributed by atoms with van der Waals surface area (Å²) >= 11 is 0. The molecule has 0 radical (unpaired) electrons. The quantitative estimate of drug-likeness (QED) is 0.160. The Labute approximate surface area is 188 Å². The number of rotatable bonds is 11. The number of hydrogen-bond donors (Lipinski definition) is 0. The van der Waals surface area contributed by atoms with Crippen molar-refractivity contribution in [3.8, 4) is 5.75 Å². The van der Waals surface area contributed by atoms with E-state index in [1.165, 1.54) is 0 Å². The van der Waals surface area contributed by atoms with E-state index in [9.17, 15) is 4.79 Å². The Morgan fingerprint density at radius 1 is 1.06 bits per heavy atom. The summed E-state index contributed by atoms with van der Waals surface area (Å²) in [7, 11) is 0. The molecule has 6 nitrogen and oxygen atoms in total. The Hall–Kier alpha value is -3.15. The van der Waals surface area contributed by atoms with Crippen molar-refractivity contribution in [3.63, 3.8) is 0 Å². The smallest absolute Gasteiger partial charge is 0.311 e. The van der Waals surface area contributed by atoms with E-state index in [0.717, 1.165) is 78.5 Å². The van der Waals surface area contributed by atoms with Crippen LogP contribution < -0.4 is 4.74 Å². The van der Waals surface area contributed by atoms with Crippen LogP contribution in [0.2, 0.25) is 0 Å². The van der Waals surface area contributed by atoms with Crippen molar-refractivity contribution in [2.24, 2.45) is 0 Å². The minimum Gasteiger partial charge on any atom is -0.424 e. The van der Waals surface area contributed by atoms with Gasteiger partial charge in [-0.05, 0) is 25.0 Å². The van der Waals surface area contributed by atoms with Gasteiger partial charge in [-0.1, -0.05) is 57.7 Å². The molecule has 0 fully saturated rings. The maximum absolute atomic E-state index is 12.5. The second-order valence-electron chi connectivity index (χ2n) is 8.31. The van der Waals surface area contributed by atoms with E-state index in [0.29, 0.717) is 18.7 Å². The maximum atomic E-state index is 12.5. The second-order valence-corrected chi connectivity index (χ2v) is 8.31. The molecule has 3 heterocycles. The summed E-state index contributed by atoms with van der Waals surface area (Å²) in [5, 5.41) is 0.783. The number of imidazole rings is 1. The summed E-state index contributed by atoms with van der Waals surface area (Å²) in [6.07, 6.45) is 11.3. The number of allylic oxidation sites excluding steroid dienone is 1. The zero-order valence-corrected chi connectivity index (χ0v) is 19.1. The van der Waals surface area contributed by atoms with Gasteiger partial charge in [0.2, 0.25) is 0 Å². The molecule has 0 amide bonds. The topological polar surface area (TPSA) is 61.4 Å². The third-order valence-electron chi connectivity index (χ3n) is 5.83. The molecular weight excluding hydrogens is 400 g/mol. The third-order valence-corrected chi connectivity index (χ3v) is 5.83. The Bertz CT molecular complexity index is 1250. The number of nitrogens with zero attached hydrogens (tertiary/aromatic N) is 4. The lowest BCUT2D eigenvalue weighted by molar-refractivity contribution is -0.134. The van der Waals surface area contributed by atoms with Crippen molar-refractivity contribution >= 4 is 33.7 Å². The molecule has 0 saturated heterocycles. The molecule has 4 rings (SSSR count). The van der Waals surface area contributed by atoms with Crippen LogP contribution in [0.3, 0.4) is 0 Å². The van der Waals surface area contributed by atoms with Gasteiger partial charge in [-0.3, -0.25) is 9.20 Å². The zero-order valence-electron chi connectivity index (χ0n) is 19.1. The van der Waals surface area contributed by atoms with Crippen LogP contribution in [0.15, 0.2) is 43.1 Å². The summed E-state index contributed by atoms with van der Waals surface area (Å²) in [6, 6.07) is 8.10. The SMILES string of the molecule is C=CCn1cc(OC(=O)CCCCC)c2c1nc(CCCCC)n1c3ccccc3nc21. The van der Waals surface area contributed by atoms with Gasteiger partial charge in [0.15, 0.2) is 11.4 Å². The monoisotopic (exact) mass is 432 g/mol. The van der Waals surface area contributed by atoms with Crippen LogP contribution in [0.5, 0.6) is 5.75 Å². The second kappa shape index (κ2) is 9.98. The van der Waals surface area contributed by atoms with Gasteiger partial charge in [0.25, 0.3) is 0 Å². The first kappa shape index (κ1) is 22.1. The number of carbonyl (C=O) groups excluding carboxylic acids is 1. The van der Waals surface area contributed by atoms with Gasteiger partial charge < -0.3 is 9.30 Å². The predicted molar refractivity (Wildman–Crippen MR) is 129 cm³/mol. The molecule has 0 bridgehead atoms. The lowest BCUT2D eigenvalue weighted by Crippen LogP contribution is -2.08. The van der Waals surface area contributed by atoms with E-state index in [2.05, 4.69) is 30.9 Å². The number of aryl methyl sites for hydroxylation is 1. The van der Waals surface area contributed by atoms with E-state index < -0.39 is 0 Å². The van der Waals surface area contributed by atoms with Gasteiger partial charge in [-0.25, -0.2) is 9.97 Å². The first-order chi connectivity index (χ1) is 15.7. The standard InChI is InChI=1S/C26H32N4O2/c1-4-7-9-15-22-28-25-24(26-27-19-13-11-12-14-20(19)30(22)26)21(18-29(25)17-6-3)32-23(31)16-10-8-5-2/h6,11-14,18H,3-5,7-10,15-17H2,1-2H3. The summed E-state index contributed by atoms with van der Waals surface area (Å²) in [6.45, 7) is 8.80. The van der Waals surface area contributed by atoms with Crippen molar-refractivity contribution in [3.05, 3.63) is 48.9 Å². The van der Waals surface area contributed by atoms with Crippen molar-refractivity contribution in [1.82, 2.24) is 18.9 Å². The average Bonchev–Trinajstić information content (AvgIpc) is 3.33. The molecule has 3 aromatic heterocycles. The van der Waals surface area contributed by atoms with Gasteiger partial charge in [-0.15, -0.1) is 6.58 Å². The minimum atomic E-state index is -0.211. The van der Waals surface area contributed by atoms with Gasteiger partial charge in [0.05, 0.1) is 11.0 Å². The number of hydrogen-bond acceptors (Lipinski definition) is 4. The molecule has 0 aliphatic heterocycles. The van der Waals surface area contributed by atoms with Crippen LogP contribution in [-0.4, -0.2) is 24.9 Å². The Morgan fingerprint density at radius 2 is 1.84 bits per heavy atom. The van der Waals surface area contributed by atoms with E-state index in [-0.39, 0.29) is 5.97 Å². The molecular formula is C26H32N4O2. The number of para-hydroxylation sites is 2. The molecule has 0 aliphatic carbocycles. The summed E-state index contributed by atoms with van der Waals surface area (Å²) in [5.41, 5.74) is 3.52. The fraction of sp³-hybridized carbons (Fsp3) is 0.423. The molecule has 0 N–H and O–H groups in total. The third kappa shape index (κ3) is 4.27. The van der Waals surface area contributed by atoms with Crippen LogP contribution in [0.25, 0.3) is 27.7 Å². The normalized spacial score (nSPS) is 11.6. The number of aromatic nitrogens is 4. The van der Waals surface area contributed by atoms with Crippen LogP contribution in [0.4, 0.5) is 0 Å². The first-order valence-electron chi connectivity index (χ1n) is 11.8. The highest BCUT2D eigenvalue weighted by Gasteiger charge is 2.22. The Balaban J connectivity index is 1.90. The van der Waals surface area contributed by atoms with Crippen LogP contribution in [0, 0.1) is 0 Å². The lowest BCUT2D eigenvalue weighted by atomic mass is 10.2. The average molecular weight is 433 g/mol. The van der Waals surface area contributed by atoms with Crippen molar-refractivity contribution < 1.29 is 9.53 Å². The van der Waals surface area contributed by atoms with Gasteiger partial charge in [0.1, 0.15) is 16.9 Å². The van der Waals surface area contributed by atoms with E-state index in [1.54, 1.807) is 0 Å². The van der Waals surface area contributed by atoms with Gasteiger partial charge >= 0.3 is 5.97 Å². The van der Waals surface area contributed by atoms with Crippen molar-refractivity contribution in [2.75, 3.05) is 0 Å². The molecule has 6 heteroatoms. The lowest BCUT2D eigenvalue weighted by Gasteiger charge is -2.09. The molecule has 0 unspecified atom stereocenters. The van der Waals surface area contributed by atoms with Crippen LogP contribution >= 0.6 is 0 Å². The van der Waals surface area contributed by atoms with Crippen molar-refractivity contribution in [2.45, 2.75) is 71.8 Å². The number of unbranched alkanes of at least 4 members (excludes halogenated alkanes) is 4. The number of ether oxygens (including phenoxy) is 1. The molecule has 0 atom stereocenters. The number of esters is 1. The summed E-state index contributed by atoms with van der Waals surface area (Å²) in [5.74, 6) is 1.30. The minimum absolute atomic E-state index is 0.211. The highest BCUT2D eigenvalue weighted by Crippen LogP contribution is 2.34. The highest BCUT2D eigenvalue weighted by molar-refractivity contribution is 6.01. The molecule has 0 saturated carbocycles. The molecule has 4 aromatic rings. The molecule has 0 aliphatic rings. The van der Waals surface area contributed by atoms with E-state index in [1.807, 2.05) is 35.0 Å². The molecule has 0 spiro atoms. The molecule has 1 aromatic carbocycles. The highest BCUT2D eigenvalue weighted by atomic mass is 16.5. The Morgan fingerprint density at radius 3 is 2.62 bits per heavy atom. The fourth-order valence-electron chi connectivity index (χ4n) is 4.23. The van der Waals surface area contributed by atoms with Gasteiger partial charge in [0, 0.05) is 25.6 Å². The Kier molecular flexibility index (Phi) is 6.88. The number of carbonyl (C=O) groups is 1. The molecule has 32 heavy (non-hydrogen) atoms. The fourth-order valence-corrected chi connectivity index (χ4v) is 4.23. The summed E-state index contributed by atoms with van der Waals surface area (Å²) < 4.78 is 9.99. The van der Waals surface area contributed by atoms with Crippen LogP contribution in [-0.2, 0) is 17.8 Å². The van der Waals surface area contributed by atoms with Crippen molar-refractivity contribution in [1.29, 1.82) is 0 Å². The van der Waals surface area contributed by atoms with E-state index >= 15 is 0 Å². The predicted octanol–water partition coefficient (Wildman–Crippen LogP) is 6.24. The molecule has 168 valence electrons. The van der Waals surface area contributed by atoms with Crippen LogP contribution in [0.1, 0.15) is 64.6 Å². The summed E-state index contributed by atoms with van der Waals surface area (Å²) in [4.78, 5) is 22.6. The largest absolute Gasteiger partial charge is 0.424 e. The number of fused-ring (bicyclic) bond motifs is 5. The maximum Gasteiger partial charge on any atom is 0.311 e.